The Hall–Kier alpha value is -3.36. The number of ether oxygens (including phenoxy) is 1. The number of allylic oxidation sites excluding steroid dienone is 1. The van der Waals surface area contributed by atoms with Crippen molar-refractivity contribution in [2.45, 2.75) is 65.0 Å². The average Bonchev–Trinajstić information content (AvgIpc) is 3.39. The SMILES string of the molecule is CC1=CCN(C2CCCC2)c2nc(Nc3ccc(N4CCN(C(=O)OC(C)(C)C)CC4)cn3)ncc21. The van der Waals surface area contributed by atoms with E-state index in [2.05, 4.69) is 44.2 Å². The third-order valence-electron chi connectivity index (χ3n) is 7.11. The molecule has 4 heterocycles. The summed E-state index contributed by atoms with van der Waals surface area (Å²) < 4.78 is 5.50. The number of aromatic nitrogens is 3. The molecule has 0 unspecified atom stereocenters. The van der Waals surface area contributed by atoms with Crippen LogP contribution in [0.15, 0.2) is 30.6 Å². The van der Waals surface area contributed by atoms with Crippen molar-refractivity contribution in [3.63, 3.8) is 0 Å². The number of nitrogens with one attached hydrogen (secondary N) is 1. The first-order valence-corrected chi connectivity index (χ1v) is 13.0. The number of amides is 1. The van der Waals surface area contributed by atoms with Gasteiger partial charge in [0.15, 0.2) is 0 Å². The van der Waals surface area contributed by atoms with E-state index in [-0.39, 0.29) is 6.09 Å². The molecule has 1 saturated heterocycles. The van der Waals surface area contributed by atoms with Crippen LogP contribution in [0.1, 0.15) is 58.9 Å². The van der Waals surface area contributed by atoms with Gasteiger partial charge in [0, 0.05) is 50.5 Å². The van der Waals surface area contributed by atoms with Gasteiger partial charge in [-0.3, -0.25) is 0 Å². The molecular formula is C27H37N7O2. The van der Waals surface area contributed by atoms with Crippen LogP contribution in [0, 0.1) is 0 Å². The van der Waals surface area contributed by atoms with Crippen LogP contribution in [0.2, 0.25) is 0 Å². The van der Waals surface area contributed by atoms with Crippen LogP contribution in [0.4, 0.5) is 28.1 Å². The number of anilines is 4. The molecule has 2 aliphatic heterocycles. The summed E-state index contributed by atoms with van der Waals surface area (Å²) in [4.78, 5) is 32.9. The van der Waals surface area contributed by atoms with Gasteiger partial charge >= 0.3 is 6.09 Å². The second-order valence-corrected chi connectivity index (χ2v) is 10.9. The first kappa shape index (κ1) is 24.3. The highest BCUT2D eigenvalue weighted by atomic mass is 16.6. The summed E-state index contributed by atoms with van der Waals surface area (Å²) in [6.07, 6.45) is 10.9. The number of nitrogens with zero attached hydrogens (tertiary/aromatic N) is 6. The molecule has 192 valence electrons. The Balaban J connectivity index is 1.22. The quantitative estimate of drug-likeness (QED) is 0.650. The third-order valence-corrected chi connectivity index (χ3v) is 7.11. The van der Waals surface area contributed by atoms with Crippen molar-refractivity contribution in [3.8, 4) is 0 Å². The fourth-order valence-electron chi connectivity index (χ4n) is 5.14. The van der Waals surface area contributed by atoms with E-state index in [1.165, 1.54) is 31.3 Å². The predicted octanol–water partition coefficient (Wildman–Crippen LogP) is 4.84. The lowest BCUT2D eigenvalue weighted by Crippen LogP contribution is -2.50. The van der Waals surface area contributed by atoms with Gasteiger partial charge in [-0.2, -0.15) is 4.98 Å². The van der Waals surface area contributed by atoms with Crippen LogP contribution in [-0.2, 0) is 4.74 Å². The Kier molecular flexibility index (Phi) is 6.73. The van der Waals surface area contributed by atoms with Crippen LogP contribution < -0.4 is 15.1 Å². The van der Waals surface area contributed by atoms with E-state index in [1.54, 1.807) is 4.90 Å². The molecule has 0 atom stereocenters. The van der Waals surface area contributed by atoms with E-state index in [4.69, 9.17) is 9.72 Å². The van der Waals surface area contributed by atoms with Crippen molar-refractivity contribution in [2.24, 2.45) is 0 Å². The van der Waals surface area contributed by atoms with Gasteiger partial charge in [0.1, 0.15) is 17.2 Å². The van der Waals surface area contributed by atoms with E-state index in [0.717, 1.165) is 36.7 Å². The molecule has 36 heavy (non-hydrogen) atoms. The molecule has 0 radical (unpaired) electrons. The highest BCUT2D eigenvalue weighted by molar-refractivity contribution is 5.77. The minimum atomic E-state index is -0.479. The molecule has 9 nitrogen and oxygen atoms in total. The summed E-state index contributed by atoms with van der Waals surface area (Å²) in [6.45, 7) is 11.5. The molecule has 2 aromatic heterocycles. The number of pyridine rings is 1. The zero-order chi connectivity index (χ0) is 25.3. The zero-order valence-electron chi connectivity index (χ0n) is 21.8. The molecule has 0 bridgehead atoms. The Labute approximate surface area is 213 Å². The Morgan fingerprint density at radius 2 is 1.81 bits per heavy atom. The van der Waals surface area contributed by atoms with E-state index in [0.29, 0.717) is 30.9 Å². The number of fused-ring (bicyclic) bond motifs is 1. The first-order valence-electron chi connectivity index (χ1n) is 13.0. The summed E-state index contributed by atoms with van der Waals surface area (Å²) in [5.41, 5.74) is 2.91. The Morgan fingerprint density at radius 1 is 1.06 bits per heavy atom. The second kappa shape index (κ2) is 9.95. The van der Waals surface area contributed by atoms with Crippen molar-refractivity contribution in [3.05, 3.63) is 36.2 Å². The summed E-state index contributed by atoms with van der Waals surface area (Å²) in [5, 5.41) is 3.29. The molecule has 0 spiro atoms. The molecule has 1 N–H and O–H groups in total. The summed E-state index contributed by atoms with van der Waals surface area (Å²) in [7, 11) is 0. The van der Waals surface area contributed by atoms with Gasteiger partial charge in [-0.05, 0) is 58.2 Å². The zero-order valence-corrected chi connectivity index (χ0v) is 21.8. The maximum absolute atomic E-state index is 12.3. The monoisotopic (exact) mass is 491 g/mol. The molecule has 3 aliphatic rings. The van der Waals surface area contributed by atoms with Gasteiger partial charge in [0.25, 0.3) is 0 Å². The minimum absolute atomic E-state index is 0.248. The fraction of sp³-hybridized carbons (Fsp3) is 0.556. The van der Waals surface area contributed by atoms with Crippen LogP contribution in [0.3, 0.4) is 0 Å². The smallest absolute Gasteiger partial charge is 0.410 e. The van der Waals surface area contributed by atoms with Gasteiger partial charge in [-0.25, -0.2) is 14.8 Å². The Morgan fingerprint density at radius 3 is 2.47 bits per heavy atom. The van der Waals surface area contributed by atoms with E-state index in [9.17, 15) is 4.79 Å². The standard InChI is InChI=1S/C27H37N7O2/c1-19-11-12-34(20-7-5-6-8-20)24-22(19)18-29-25(31-24)30-23-10-9-21(17-28-23)32-13-15-33(16-14-32)26(35)36-27(2,3)4/h9-11,17-18,20H,5-8,12-16H2,1-4H3,(H,28,29,30,31). The molecular weight excluding hydrogens is 454 g/mol. The lowest BCUT2D eigenvalue weighted by molar-refractivity contribution is 0.0240. The van der Waals surface area contributed by atoms with Gasteiger partial charge < -0.3 is 24.8 Å². The van der Waals surface area contributed by atoms with E-state index < -0.39 is 5.60 Å². The highest BCUT2D eigenvalue weighted by Gasteiger charge is 2.29. The maximum atomic E-state index is 12.3. The fourth-order valence-corrected chi connectivity index (χ4v) is 5.14. The summed E-state index contributed by atoms with van der Waals surface area (Å²) in [5.74, 6) is 2.30. The molecule has 1 amide bonds. The molecule has 2 fully saturated rings. The lowest BCUT2D eigenvalue weighted by Gasteiger charge is -2.36. The second-order valence-electron chi connectivity index (χ2n) is 10.9. The molecule has 5 rings (SSSR count). The molecule has 2 aromatic rings. The number of piperazine rings is 1. The van der Waals surface area contributed by atoms with Gasteiger partial charge in [-0.15, -0.1) is 0 Å². The van der Waals surface area contributed by atoms with Crippen molar-refractivity contribution in [2.75, 3.05) is 47.8 Å². The van der Waals surface area contributed by atoms with Crippen molar-refractivity contribution in [1.82, 2.24) is 19.9 Å². The van der Waals surface area contributed by atoms with Crippen molar-refractivity contribution in [1.29, 1.82) is 0 Å². The number of carbonyl (C=O) groups is 1. The molecule has 9 heteroatoms. The topological polar surface area (TPSA) is 86.7 Å². The van der Waals surface area contributed by atoms with E-state index >= 15 is 0 Å². The van der Waals surface area contributed by atoms with Crippen LogP contribution in [-0.4, -0.2) is 70.3 Å². The van der Waals surface area contributed by atoms with Crippen molar-refractivity contribution < 1.29 is 9.53 Å². The van der Waals surface area contributed by atoms with Crippen LogP contribution >= 0.6 is 0 Å². The number of hydrogen-bond acceptors (Lipinski definition) is 8. The third kappa shape index (κ3) is 5.39. The number of carbonyl (C=O) groups excluding carboxylic acids is 1. The number of hydrogen-bond donors (Lipinski definition) is 1. The van der Waals surface area contributed by atoms with Gasteiger partial charge in [0.05, 0.1) is 11.9 Å². The van der Waals surface area contributed by atoms with Crippen LogP contribution in [0.5, 0.6) is 0 Å². The maximum Gasteiger partial charge on any atom is 0.410 e. The highest BCUT2D eigenvalue weighted by Crippen LogP contribution is 2.35. The van der Waals surface area contributed by atoms with E-state index in [1.807, 2.05) is 39.2 Å². The van der Waals surface area contributed by atoms with Crippen molar-refractivity contribution >= 4 is 34.9 Å². The molecule has 1 saturated carbocycles. The largest absolute Gasteiger partial charge is 0.444 e. The lowest BCUT2D eigenvalue weighted by atomic mass is 10.0. The van der Waals surface area contributed by atoms with Gasteiger partial charge in [-0.1, -0.05) is 18.9 Å². The normalized spacial score (nSPS) is 18.7. The average molecular weight is 492 g/mol. The van der Waals surface area contributed by atoms with Crippen LogP contribution in [0.25, 0.3) is 5.57 Å². The van der Waals surface area contributed by atoms with Gasteiger partial charge in [0.2, 0.25) is 5.95 Å². The summed E-state index contributed by atoms with van der Waals surface area (Å²) in [6, 6.07) is 4.57. The summed E-state index contributed by atoms with van der Waals surface area (Å²) >= 11 is 0. The molecule has 0 aromatic carbocycles. The first-order chi connectivity index (χ1) is 17.3. The molecule has 1 aliphatic carbocycles. The Bertz CT molecular complexity index is 1110. The number of rotatable bonds is 4. The minimum Gasteiger partial charge on any atom is -0.444 e. The predicted molar refractivity (Wildman–Crippen MR) is 143 cm³/mol.